The highest BCUT2D eigenvalue weighted by molar-refractivity contribution is 7.89. The third kappa shape index (κ3) is 3.26. The number of hydrogen-bond acceptors (Lipinski definition) is 4. The van der Waals surface area contributed by atoms with E-state index in [4.69, 9.17) is 0 Å². The smallest absolute Gasteiger partial charge is 0.299 e. The van der Waals surface area contributed by atoms with Gasteiger partial charge in [-0.25, -0.2) is 17.5 Å². The molecule has 2 aromatic carbocycles. The Hall–Kier alpha value is -2.03. The van der Waals surface area contributed by atoms with Crippen LogP contribution in [0.15, 0.2) is 52.2 Å². The zero-order valence-corrected chi connectivity index (χ0v) is 14.5. The molecule has 0 bridgehead atoms. The molecule has 0 saturated carbocycles. The normalized spacial score (nSPS) is 11.9. The molecule has 3 rings (SSSR count). The molecule has 0 aliphatic carbocycles. The van der Waals surface area contributed by atoms with Crippen LogP contribution in [0, 0.1) is 5.82 Å². The van der Waals surface area contributed by atoms with Crippen molar-refractivity contribution in [1.29, 1.82) is 0 Å². The van der Waals surface area contributed by atoms with Gasteiger partial charge in [0.2, 0.25) is 10.0 Å². The van der Waals surface area contributed by atoms with Gasteiger partial charge in [0.25, 0.3) is 0 Å². The number of aromatic nitrogens is 1. The molecule has 8 heteroatoms. The molecule has 0 atom stereocenters. The molecular formula is C16H15FN2O3S2. The summed E-state index contributed by atoms with van der Waals surface area (Å²) in [5.74, 6) is -0.373. The maximum atomic E-state index is 12.9. The summed E-state index contributed by atoms with van der Waals surface area (Å²) in [6.07, 6.45) is 0. The monoisotopic (exact) mass is 366 g/mol. The highest BCUT2D eigenvalue weighted by atomic mass is 32.2. The summed E-state index contributed by atoms with van der Waals surface area (Å²) in [6.45, 7) is 2.46. The molecule has 0 unspecified atom stereocenters. The fourth-order valence-electron chi connectivity index (χ4n) is 2.38. The Morgan fingerprint density at radius 3 is 2.54 bits per heavy atom. The number of nitrogens with one attached hydrogen (secondary N) is 1. The molecule has 0 aliphatic heterocycles. The van der Waals surface area contributed by atoms with Crippen LogP contribution in [0.1, 0.15) is 12.5 Å². The highest BCUT2D eigenvalue weighted by Gasteiger charge is 2.16. The van der Waals surface area contributed by atoms with Gasteiger partial charge in [0.05, 0.1) is 15.1 Å². The average molecular weight is 366 g/mol. The van der Waals surface area contributed by atoms with Crippen LogP contribution >= 0.6 is 11.3 Å². The van der Waals surface area contributed by atoms with Gasteiger partial charge in [0, 0.05) is 13.1 Å². The number of nitrogens with zero attached hydrogens (tertiary/aromatic N) is 1. The lowest BCUT2D eigenvalue weighted by molar-refractivity contribution is 0.581. The molecule has 126 valence electrons. The molecule has 1 heterocycles. The summed E-state index contributed by atoms with van der Waals surface area (Å²) < 4.78 is 42.4. The third-order valence-corrected chi connectivity index (χ3v) is 5.99. The topological polar surface area (TPSA) is 68.2 Å². The SMILES string of the molecule is CCn1c(=O)sc2cc(S(=O)(=O)NCc3ccc(F)cc3)ccc21. The third-order valence-electron chi connectivity index (χ3n) is 3.65. The van der Waals surface area contributed by atoms with Gasteiger partial charge in [-0.1, -0.05) is 23.5 Å². The van der Waals surface area contributed by atoms with Crippen LogP contribution in [0.4, 0.5) is 4.39 Å². The number of thiazole rings is 1. The second-order valence-corrected chi connectivity index (χ2v) is 7.95. The Kier molecular flexibility index (Phi) is 4.53. The minimum atomic E-state index is -3.72. The van der Waals surface area contributed by atoms with E-state index in [9.17, 15) is 17.6 Å². The van der Waals surface area contributed by atoms with Gasteiger partial charge in [-0.2, -0.15) is 0 Å². The lowest BCUT2D eigenvalue weighted by Gasteiger charge is -2.07. The van der Waals surface area contributed by atoms with E-state index in [2.05, 4.69) is 4.72 Å². The van der Waals surface area contributed by atoms with E-state index in [1.54, 1.807) is 10.6 Å². The minimum absolute atomic E-state index is 0.0624. The summed E-state index contributed by atoms with van der Waals surface area (Å²) in [7, 11) is -3.72. The molecule has 0 fully saturated rings. The van der Waals surface area contributed by atoms with Gasteiger partial charge in [0.1, 0.15) is 5.82 Å². The molecule has 5 nitrogen and oxygen atoms in total. The number of halogens is 1. The van der Waals surface area contributed by atoms with E-state index in [1.165, 1.54) is 36.4 Å². The molecule has 0 radical (unpaired) electrons. The Labute approximate surface area is 142 Å². The Morgan fingerprint density at radius 1 is 1.17 bits per heavy atom. The summed E-state index contributed by atoms with van der Waals surface area (Å²) in [6, 6.07) is 10.2. The van der Waals surface area contributed by atoms with Crippen molar-refractivity contribution in [2.24, 2.45) is 0 Å². The second-order valence-electron chi connectivity index (χ2n) is 5.19. The summed E-state index contributed by atoms with van der Waals surface area (Å²) >= 11 is 1.02. The largest absolute Gasteiger partial charge is 0.308 e. The van der Waals surface area contributed by atoms with Gasteiger partial charge < -0.3 is 0 Å². The van der Waals surface area contributed by atoms with Gasteiger partial charge in [0.15, 0.2) is 0 Å². The Morgan fingerprint density at radius 2 is 1.88 bits per heavy atom. The van der Waals surface area contributed by atoms with Gasteiger partial charge in [-0.05, 0) is 42.8 Å². The molecule has 3 aromatic rings. The van der Waals surface area contributed by atoms with Crippen LogP contribution in [0.5, 0.6) is 0 Å². The Balaban J connectivity index is 1.87. The number of aryl methyl sites for hydroxylation is 1. The molecule has 0 aliphatic rings. The number of fused-ring (bicyclic) bond motifs is 1. The standard InChI is InChI=1S/C16H15FN2O3S2/c1-2-19-14-8-7-13(9-15(14)23-16(19)20)24(21,22)18-10-11-3-5-12(17)6-4-11/h3-9,18H,2,10H2,1H3. The van der Waals surface area contributed by atoms with E-state index in [-0.39, 0.29) is 22.1 Å². The summed E-state index contributed by atoms with van der Waals surface area (Å²) in [5.41, 5.74) is 1.38. The maximum absolute atomic E-state index is 12.9. The zero-order valence-electron chi connectivity index (χ0n) is 12.8. The number of sulfonamides is 1. The number of benzene rings is 2. The fraction of sp³-hybridized carbons (Fsp3) is 0.188. The zero-order chi connectivity index (χ0) is 17.3. The van der Waals surface area contributed by atoms with E-state index in [0.717, 1.165) is 16.9 Å². The first-order chi connectivity index (χ1) is 11.4. The first-order valence-electron chi connectivity index (χ1n) is 7.28. The van der Waals surface area contributed by atoms with Crippen LogP contribution in [0.2, 0.25) is 0 Å². The average Bonchev–Trinajstić information content (AvgIpc) is 2.88. The second kappa shape index (κ2) is 6.46. The van der Waals surface area contributed by atoms with Crippen molar-refractivity contribution in [3.05, 3.63) is 63.5 Å². The van der Waals surface area contributed by atoms with Crippen molar-refractivity contribution in [2.75, 3.05) is 0 Å². The van der Waals surface area contributed by atoms with Crippen molar-refractivity contribution in [3.8, 4) is 0 Å². The van der Waals surface area contributed by atoms with Crippen molar-refractivity contribution >= 4 is 31.6 Å². The minimum Gasteiger partial charge on any atom is -0.299 e. The lowest BCUT2D eigenvalue weighted by atomic mass is 10.2. The fourth-order valence-corrected chi connectivity index (χ4v) is 4.49. The van der Waals surface area contributed by atoms with Gasteiger partial charge >= 0.3 is 4.87 Å². The van der Waals surface area contributed by atoms with Crippen LogP contribution in [0.3, 0.4) is 0 Å². The number of hydrogen-bond donors (Lipinski definition) is 1. The molecule has 0 amide bonds. The molecule has 0 saturated heterocycles. The molecular weight excluding hydrogens is 351 g/mol. The van der Waals surface area contributed by atoms with Crippen LogP contribution < -0.4 is 9.60 Å². The quantitative estimate of drug-likeness (QED) is 0.755. The molecule has 1 aromatic heterocycles. The predicted octanol–water partition coefficient (Wildman–Crippen LogP) is 2.70. The summed E-state index contributed by atoms with van der Waals surface area (Å²) in [4.78, 5) is 11.8. The lowest BCUT2D eigenvalue weighted by Crippen LogP contribution is -2.23. The van der Waals surface area contributed by atoms with E-state index in [1.807, 2.05) is 6.92 Å². The highest BCUT2D eigenvalue weighted by Crippen LogP contribution is 2.21. The van der Waals surface area contributed by atoms with Crippen LogP contribution in [0.25, 0.3) is 10.2 Å². The van der Waals surface area contributed by atoms with Gasteiger partial charge in [-0.3, -0.25) is 9.36 Å². The Bertz CT molecular complexity index is 1040. The first-order valence-corrected chi connectivity index (χ1v) is 9.58. The molecule has 0 spiro atoms. The van der Waals surface area contributed by atoms with Crippen molar-refractivity contribution < 1.29 is 12.8 Å². The van der Waals surface area contributed by atoms with Crippen LogP contribution in [-0.2, 0) is 23.1 Å². The first kappa shape index (κ1) is 16.8. The van der Waals surface area contributed by atoms with Crippen LogP contribution in [-0.4, -0.2) is 13.0 Å². The maximum Gasteiger partial charge on any atom is 0.308 e. The van der Waals surface area contributed by atoms with E-state index >= 15 is 0 Å². The molecule has 24 heavy (non-hydrogen) atoms. The predicted molar refractivity (Wildman–Crippen MR) is 92.2 cm³/mol. The van der Waals surface area contributed by atoms with Gasteiger partial charge in [-0.15, -0.1) is 0 Å². The summed E-state index contributed by atoms with van der Waals surface area (Å²) in [5, 5.41) is 0. The van der Waals surface area contributed by atoms with Crippen molar-refractivity contribution in [1.82, 2.24) is 9.29 Å². The van der Waals surface area contributed by atoms with Crippen molar-refractivity contribution in [2.45, 2.75) is 24.9 Å². The van der Waals surface area contributed by atoms with Crippen molar-refractivity contribution in [3.63, 3.8) is 0 Å². The van der Waals surface area contributed by atoms with E-state index in [0.29, 0.717) is 16.8 Å². The van der Waals surface area contributed by atoms with E-state index < -0.39 is 10.0 Å². The number of rotatable bonds is 5. The molecule has 1 N–H and O–H groups in total.